The van der Waals surface area contributed by atoms with E-state index in [1.807, 2.05) is 30.3 Å². The number of nitrogens with zero attached hydrogens (tertiary/aromatic N) is 1. The second-order valence-corrected chi connectivity index (χ2v) is 14.7. The molecule has 6 heteroatoms. The van der Waals surface area contributed by atoms with Crippen molar-refractivity contribution in [3.63, 3.8) is 0 Å². The zero-order chi connectivity index (χ0) is 23.2. The first-order chi connectivity index (χ1) is 15.2. The van der Waals surface area contributed by atoms with E-state index in [-0.39, 0.29) is 17.6 Å². The first-order valence-corrected chi connectivity index (χ1v) is 14.4. The fourth-order valence-electron chi connectivity index (χ4n) is 3.41. The standard InChI is InChI=1S/C26H37NO4Si/c1-26(2,3)32(4,5)31-24(25(28)30-20-22-9-7-6-8-10-22)19-21-11-13-23(14-12-21)27-15-17-29-18-16-27/h6-14,24H,15-20H2,1-5H3. The van der Waals surface area contributed by atoms with Crippen LogP contribution in [0.1, 0.15) is 31.9 Å². The van der Waals surface area contributed by atoms with E-state index in [1.54, 1.807) is 0 Å². The quantitative estimate of drug-likeness (QED) is 0.404. The molecule has 5 nitrogen and oxygen atoms in total. The van der Waals surface area contributed by atoms with Gasteiger partial charge < -0.3 is 18.8 Å². The number of hydrogen-bond donors (Lipinski definition) is 0. The van der Waals surface area contributed by atoms with Crippen molar-refractivity contribution in [3.05, 3.63) is 65.7 Å². The van der Waals surface area contributed by atoms with Gasteiger partial charge in [0, 0.05) is 25.2 Å². The van der Waals surface area contributed by atoms with Crippen LogP contribution in [0.2, 0.25) is 18.1 Å². The number of esters is 1. The average Bonchev–Trinajstić information content (AvgIpc) is 2.78. The molecule has 0 aliphatic carbocycles. The SMILES string of the molecule is CC(C)(C)[Si](C)(C)OC(Cc1ccc(N2CCOCC2)cc1)C(=O)OCc1ccccc1. The molecule has 0 N–H and O–H groups in total. The minimum absolute atomic E-state index is 0.00511. The van der Waals surface area contributed by atoms with Crippen molar-refractivity contribution < 1.29 is 18.7 Å². The van der Waals surface area contributed by atoms with Gasteiger partial charge in [-0.2, -0.15) is 0 Å². The predicted octanol–water partition coefficient (Wildman–Crippen LogP) is 5.20. The summed E-state index contributed by atoms with van der Waals surface area (Å²) in [7, 11) is -2.15. The summed E-state index contributed by atoms with van der Waals surface area (Å²) in [5, 5.41) is 0.00511. The second kappa shape index (κ2) is 10.6. The van der Waals surface area contributed by atoms with E-state index in [0.29, 0.717) is 6.42 Å². The predicted molar refractivity (Wildman–Crippen MR) is 131 cm³/mol. The summed E-state index contributed by atoms with van der Waals surface area (Å²) >= 11 is 0. The van der Waals surface area contributed by atoms with Crippen LogP contribution in [0.3, 0.4) is 0 Å². The van der Waals surface area contributed by atoms with Gasteiger partial charge in [-0.05, 0) is 41.4 Å². The van der Waals surface area contributed by atoms with Gasteiger partial charge in [0.1, 0.15) is 12.7 Å². The molecule has 1 heterocycles. The Kier molecular flexibility index (Phi) is 8.14. The van der Waals surface area contributed by atoms with E-state index in [1.165, 1.54) is 5.69 Å². The molecule has 0 saturated carbocycles. The Bertz CT molecular complexity index is 856. The lowest BCUT2D eigenvalue weighted by atomic mass is 10.1. The van der Waals surface area contributed by atoms with Crippen molar-refractivity contribution in [2.45, 2.75) is 58.0 Å². The molecule has 3 rings (SSSR count). The number of hydrogen-bond acceptors (Lipinski definition) is 5. The van der Waals surface area contributed by atoms with Gasteiger partial charge in [-0.25, -0.2) is 4.79 Å². The zero-order valence-electron chi connectivity index (χ0n) is 20.1. The molecule has 0 radical (unpaired) electrons. The maximum Gasteiger partial charge on any atom is 0.334 e. The molecule has 0 bridgehead atoms. The van der Waals surface area contributed by atoms with Gasteiger partial charge in [-0.3, -0.25) is 0 Å². The van der Waals surface area contributed by atoms with Gasteiger partial charge in [0.2, 0.25) is 0 Å². The van der Waals surface area contributed by atoms with Crippen molar-refractivity contribution >= 4 is 20.0 Å². The topological polar surface area (TPSA) is 48.0 Å². The van der Waals surface area contributed by atoms with Crippen LogP contribution < -0.4 is 4.90 Å². The Morgan fingerprint density at radius 3 is 2.22 bits per heavy atom. The molecule has 0 aromatic heterocycles. The summed E-state index contributed by atoms with van der Waals surface area (Å²) in [5.41, 5.74) is 3.23. The third kappa shape index (κ3) is 6.67. The minimum atomic E-state index is -2.15. The highest BCUT2D eigenvalue weighted by Crippen LogP contribution is 2.38. The summed E-state index contributed by atoms with van der Waals surface area (Å²) in [6, 6.07) is 18.2. The molecular weight excluding hydrogens is 418 g/mol. The Hall–Kier alpha value is -2.15. The molecule has 1 atom stereocenters. The summed E-state index contributed by atoms with van der Waals surface area (Å²) in [5.74, 6) is -0.295. The Morgan fingerprint density at radius 1 is 1.00 bits per heavy atom. The van der Waals surface area contributed by atoms with Crippen LogP contribution in [0.4, 0.5) is 5.69 Å². The highest BCUT2D eigenvalue weighted by atomic mass is 28.4. The molecule has 1 aliphatic heterocycles. The molecule has 1 aliphatic rings. The molecule has 2 aromatic carbocycles. The first-order valence-electron chi connectivity index (χ1n) is 11.5. The Morgan fingerprint density at radius 2 is 1.62 bits per heavy atom. The lowest BCUT2D eigenvalue weighted by molar-refractivity contribution is -0.153. The molecule has 1 fully saturated rings. The Balaban J connectivity index is 1.71. The third-order valence-electron chi connectivity index (χ3n) is 6.46. The lowest BCUT2D eigenvalue weighted by Gasteiger charge is -2.38. The molecule has 32 heavy (non-hydrogen) atoms. The summed E-state index contributed by atoms with van der Waals surface area (Å²) < 4.78 is 17.7. The van der Waals surface area contributed by atoms with Gasteiger partial charge >= 0.3 is 5.97 Å². The smallest absolute Gasteiger partial charge is 0.334 e. The van der Waals surface area contributed by atoms with E-state index in [2.05, 4.69) is 63.0 Å². The number of ether oxygens (including phenoxy) is 2. The van der Waals surface area contributed by atoms with Gasteiger partial charge in [-0.1, -0.05) is 63.2 Å². The van der Waals surface area contributed by atoms with E-state index < -0.39 is 14.4 Å². The molecule has 2 aromatic rings. The summed E-state index contributed by atoms with van der Waals surface area (Å²) in [6.45, 7) is 14.5. The van der Waals surface area contributed by atoms with Crippen LogP contribution in [-0.2, 0) is 31.7 Å². The van der Waals surface area contributed by atoms with Crippen molar-refractivity contribution in [1.29, 1.82) is 0 Å². The van der Waals surface area contributed by atoms with Crippen molar-refractivity contribution in [2.24, 2.45) is 0 Å². The van der Waals surface area contributed by atoms with Gasteiger partial charge in [0.05, 0.1) is 13.2 Å². The molecule has 0 amide bonds. The van der Waals surface area contributed by atoms with Crippen LogP contribution in [0.15, 0.2) is 54.6 Å². The van der Waals surface area contributed by atoms with Crippen LogP contribution in [0, 0.1) is 0 Å². The maximum absolute atomic E-state index is 13.1. The van der Waals surface area contributed by atoms with Crippen LogP contribution >= 0.6 is 0 Å². The van der Waals surface area contributed by atoms with Crippen molar-refractivity contribution in [3.8, 4) is 0 Å². The summed E-state index contributed by atoms with van der Waals surface area (Å²) in [6.07, 6.45) is -0.113. The lowest BCUT2D eigenvalue weighted by Crippen LogP contribution is -2.47. The summed E-state index contributed by atoms with van der Waals surface area (Å²) in [4.78, 5) is 15.4. The van der Waals surface area contributed by atoms with E-state index in [4.69, 9.17) is 13.9 Å². The second-order valence-electron chi connectivity index (χ2n) is 9.93. The molecular formula is C26H37NO4Si. The van der Waals surface area contributed by atoms with E-state index >= 15 is 0 Å². The maximum atomic E-state index is 13.1. The van der Waals surface area contributed by atoms with Gasteiger partial charge in [0.25, 0.3) is 0 Å². The average molecular weight is 456 g/mol. The first kappa shape index (κ1) is 24.5. The normalized spacial score (nSPS) is 16.0. The number of rotatable bonds is 8. The highest BCUT2D eigenvalue weighted by Gasteiger charge is 2.41. The minimum Gasteiger partial charge on any atom is -0.459 e. The van der Waals surface area contributed by atoms with E-state index in [0.717, 1.165) is 37.4 Å². The van der Waals surface area contributed by atoms with Crippen LogP contribution in [0.25, 0.3) is 0 Å². The number of carbonyl (C=O) groups excluding carboxylic acids is 1. The molecule has 0 spiro atoms. The van der Waals surface area contributed by atoms with Crippen LogP contribution in [0.5, 0.6) is 0 Å². The number of benzene rings is 2. The number of morpholine rings is 1. The van der Waals surface area contributed by atoms with Crippen molar-refractivity contribution in [2.75, 3.05) is 31.2 Å². The number of anilines is 1. The molecule has 1 unspecified atom stereocenters. The third-order valence-corrected chi connectivity index (χ3v) is 10.9. The zero-order valence-corrected chi connectivity index (χ0v) is 21.1. The van der Waals surface area contributed by atoms with E-state index in [9.17, 15) is 4.79 Å². The molecule has 1 saturated heterocycles. The monoisotopic (exact) mass is 455 g/mol. The Labute approximate surface area is 193 Å². The van der Waals surface area contributed by atoms with Gasteiger partial charge in [-0.15, -0.1) is 0 Å². The fourth-order valence-corrected chi connectivity index (χ4v) is 4.65. The molecule has 174 valence electrons. The van der Waals surface area contributed by atoms with Crippen LogP contribution in [-0.4, -0.2) is 46.7 Å². The fraction of sp³-hybridized carbons (Fsp3) is 0.500. The van der Waals surface area contributed by atoms with Crippen molar-refractivity contribution in [1.82, 2.24) is 0 Å². The number of carbonyl (C=O) groups is 1. The van der Waals surface area contributed by atoms with Gasteiger partial charge in [0.15, 0.2) is 8.32 Å². The largest absolute Gasteiger partial charge is 0.459 e. The highest BCUT2D eigenvalue weighted by molar-refractivity contribution is 6.74.